The van der Waals surface area contributed by atoms with Crippen LogP contribution in [0.2, 0.25) is 0 Å². The summed E-state index contributed by atoms with van der Waals surface area (Å²) in [5.74, 6) is 0. The smallest absolute Gasteiger partial charge is 0.0681 e. The molecule has 1 saturated carbocycles. The molecule has 1 aliphatic carbocycles. The summed E-state index contributed by atoms with van der Waals surface area (Å²) in [6, 6.07) is 8.92. The van der Waals surface area contributed by atoms with Crippen molar-refractivity contribution >= 4 is 5.69 Å². The molecule has 0 spiro atoms. The Morgan fingerprint density at radius 1 is 1.12 bits per heavy atom. The minimum Gasteiger partial charge on any atom is -0.392 e. The summed E-state index contributed by atoms with van der Waals surface area (Å²) in [5, 5.41) is 12.5. The van der Waals surface area contributed by atoms with E-state index in [4.69, 9.17) is 10.8 Å². The van der Waals surface area contributed by atoms with Gasteiger partial charge in [0, 0.05) is 17.8 Å². The van der Waals surface area contributed by atoms with Crippen molar-refractivity contribution < 1.29 is 5.11 Å². The lowest BCUT2D eigenvalue weighted by atomic mass is 9.91. The highest BCUT2D eigenvalue weighted by Crippen LogP contribution is 2.21. The van der Waals surface area contributed by atoms with Gasteiger partial charge in [-0.2, -0.15) is 0 Å². The molecular formula is C13H20N2O. The van der Waals surface area contributed by atoms with E-state index in [2.05, 4.69) is 5.32 Å². The van der Waals surface area contributed by atoms with Crippen molar-refractivity contribution in [2.45, 2.75) is 44.4 Å². The first-order chi connectivity index (χ1) is 7.78. The monoisotopic (exact) mass is 220 g/mol. The molecule has 0 aromatic heterocycles. The highest BCUT2D eigenvalue weighted by molar-refractivity contribution is 5.45. The molecular weight excluding hydrogens is 200 g/mol. The predicted molar refractivity (Wildman–Crippen MR) is 66.2 cm³/mol. The van der Waals surface area contributed by atoms with Crippen LogP contribution >= 0.6 is 0 Å². The van der Waals surface area contributed by atoms with E-state index in [9.17, 15) is 0 Å². The predicted octanol–water partition coefficient (Wildman–Crippen LogP) is 1.86. The van der Waals surface area contributed by atoms with Gasteiger partial charge in [0.15, 0.2) is 0 Å². The van der Waals surface area contributed by atoms with Gasteiger partial charge in [-0.25, -0.2) is 0 Å². The number of nitrogens with two attached hydrogens (primary N) is 1. The normalized spacial score (nSPS) is 25.4. The van der Waals surface area contributed by atoms with Gasteiger partial charge < -0.3 is 16.2 Å². The Kier molecular flexibility index (Phi) is 3.80. The van der Waals surface area contributed by atoms with Gasteiger partial charge >= 0.3 is 0 Å². The number of rotatable bonds is 3. The van der Waals surface area contributed by atoms with Crippen molar-refractivity contribution in [1.29, 1.82) is 0 Å². The van der Waals surface area contributed by atoms with Gasteiger partial charge in [-0.15, -0.1) is 0 Å². The van der Waals surface area contributed by atoms with E-state index < -0.39 is 0 Å². The zero-order valence-corrected chi connectivity index (χ0v) is 9.52. The topological polar surface area (TPSA) is 58.3 Å². The Hall–Kier alpha value is -1.06. The first-order valence-electron chi connectivity index (χ1n) is 6.00. The standard InChI is InChI=1S/C13H20N2O/c14-11-3-7-13(8-4-11)15-12-5-1-10(9-16)2-6-12/h1-2,5-6,11,13,15-16H,3-4,7-9,14H2. The molecule has 0 unspecified atom stereocenters. The lowest BCUT2D eigenvalue weighted by Gasteiger charge is -2.27. The summed E-state index contributed by atoms with van der Waals surface area (Å²) in [4.78, 5) is 0. The third kappa shape index (κ3) is 2.97. The van der Waals surface area contributed by atoms with E-state index in [1.54, 1.807) is 0 Å². The molecule has 0 aliphatic heterocycles. The molecule has 1 aromatic rings. The first kappa shape index (κ1) is 11.4. The third-order valence-electron chi connectivity index (χ3n) is 3.28. The second-order valence-corrected chi connectivity index (χ2v) is 4.61. The Morgan fingerprint density at radius 2 is 1.75 bits per heavy atom. The number of hydrogen-bond donors (Lipinski definition) is 3. The number of aliphatic hydroxyl groups excluding tert-OH is 1. The summed E-state index contributed by atoms with van der Waals surface area (Å²) in [5.41, 5.74) is 7.96. The Balaban J connectivity index is 1.88. The number of aliphatic hydroxyl groups is 1. The van der Waals surface area contributed by atoms with Crippen LogP contribution in [0, 0.1) is 0 Å². The van der Waals surface area contributed by atoms with Crippen LogP contribution in [-0.4, -0.2) is 17.2 Å². The van der Waals surface area contributed by atoms with Crippen molar-refractivity contribution in [3.8, 4) is 0 Å². The molecule has 1 aliphatic rings. The Labute approximate surface area is 96.7 Å². The van der Waals surface area contributed by atoms with E-state index in [0.29, 0.717) is 12.1 Å². The summed E-state index contributed by atoms with van der Waals surface area (Å²) >= 11 is 0. The Morgan fingerprint density at radius 3 is 2.31 bits per heavy atom. The maximum absolute atomic E-state index is 8.94. The molecule has 0 bridgehead atoms. The fraction of sp³-hybridized carbons (Fsp3) is 0.538. The van der Waals surface area contributed by atoms with E-state index in [1.165, 1.54) is 0 Å². The summed E-state index contributed by atoms with van der Waals surface area (Å²) < 4.78 is 0. The second-order valence-electron chi connectivity index (χ2n) is 4.61. The molecule has 1 aromatic carbocycles. The average Bonchev–Trinajstić information content (AvgIpc) is 2.33. The second kappa shape index (κ2) is 5.32. The summed E-state index contributed by atoms with van der Waals surface area (Å²) in [7, 11) is 0. The van der Waals surface area contributed by atoms with Crippen molar-refractivity contribution in [2.24, 2.45) is 5.73 Å². The minimum absolute atomic E-state index is 0.110. The molecule has 0 atom stereocenters. The number of benzene rings is 1. The fourth-order valence-corrected chi connectivity index (χ4v) is 2.21. The van der Waals surface area contributed by atoms with Crippen molar-refractivity contribution in [1.82, 2.24) is 0 Å². The molecule has 0 amide bonds. The molecule has 2 rings (SSSR count). The van der Waals surface area contributed by atoms with E-state index in [-0.39, 0.29) is 6.61 Å². The van der Waals surface area contributed by atoms with E-state index in [1.807, 2.05) is 24.3 Å². The first-order valence-corrected chi connectivity index (χ1v) is 6.00. The van der Waals surface area contributed by atoms with E-state index >= 15 is 0 Å². The molecule has 4 N–H and O–H groups in total. The maximum atomic E-state index is 8.94. The van der Waals surface area contributed by atoms with Crippen molar-refractivity contribution in [3.05, 3.63) is 29.8 Å². The SMILES string of the molecule is NC1CCC(Nc2ccc(CO)cc2)CC1. The van der Waals surface area contributed by atoms with Gasteiger partial charge in [0.05, 0.1) is 6.61 Å². The highest BCUT2D eigenvalue weighted by atomic mass is 16.3. The summed E-state index contributed by atoms with van der Waals surface area (Å²) in [6.45, 7) is 0.110. The largest absolute Gasteiger partial charge is 0.392 e. The molecule has 3 heteroatoms. The quantitative estimate of drug-likeness (QED) is 0.728. The zero-order valence-electron chi connectivity index (χ0n) is 9.52. The molecule has 1 fully saturated rings. The van der Waals surface area contributed by atoms with Crippen molar-refractivity contribution in [3.63, 3.8) is 0 Å². The van der Waals surface area contributed by atoms with Gasteiger partial charge in [0.2, 0.25) is 0 Å². The molecule has 88 valence electrons. The maximum Gasteiger partial charge on any atom is 0.0681 e. The van der Waals surface area contributed by atoms with Gasteiger partial charge in [-0.05, 0) is 43.4 Å². The van der Waals surface area contributed by atoms with Crippen LogP contribution in [0.3, 0.4) is 0 Å². The van der Waals surface area contributed by atoms with Crippen LogP contribution in [0.1, 0.15) is 31.2 Å². The molecule has 0 heterocycles. The third-order valence-corrected chi connectivity index (χ3v) is 3.28. The summed E-state index contributed by atoms with van der Waals surface area (Å²) in [6.07, 6.45) is 4.55. The van der Waals surface area contributed by atoms with Gasteiger partial charge in [-0.3, -0.25) is 0 Å². The van der Waals surface area contributed by atoms with Crippen LogP contribution in [0.5, 0.6) is 0 Å². The van der Waals surface area contributed by atoms with Crippen LogP contribution in [0.4, 0.5) is 5.69 Å². The number of anilines is 1. The Bertz CT molecular complexity index is 315. The fourth-order valence-electron chi connectivity index (χ4n) is 2.21. The zero-order chi connectivity index (χ0) is 11.4. The lowest BCUT2D eigenvalue weighted by Crippen LogP contribution is -2.32. The van der Waals surface area contributed by atoms with Crippen LogP contribution in [0.15, 0.2) is 24.3 Å². The van der Waals surface area contributed by atoms with Gasteiger partial charge in [0.25, 0.3) is 0 Å². The molecule has 3 nitrogen and oxygen atoms in total. The van der Waals surface area contributed by atoms with Gasteiger partial charge in [0.1, 0.15) is 0 Å². The van der Waals surface area contributed by atoms with Crippen LogP contribution < -0.4 is 11.1 Å². The molecule has 0 saturated heterocycles. The van der Waals surface area contributed by atoms with Crippen molar-refractivity contribution in [2.75, 3.05) is 5.32 Å². The van der Waals surface area contributed by atoms with Crippen LogP contribution in [0.25, 0.3) is 0 Å². The lowest BCUT2D eigenvalue weighted by molar-refractivity contribution is 0.282. The molecule has 16 heavy (non-hydrogen) atoms. The average molecular weight is 220 g/mol. The minimum atomic E-state index is 0.110. The highest BCUT2D eigenvalue weighted by Gasteiger charge is 2.17. The van der Waals surface area contributed by atoms with Gasteiger partial charge in [-0.1, -0.05) is 12.1 Å². The van der Waals surface area contributed by atoms with E-state index in [0.717, 1.165) is 36.9 Å². The molecule has 0 radical (unpaired) electrons. The van der Waals surface area contributed by atoms with Crippen LogP contribution in [-0.2, 0) is 6.61 Å². The number of hydrogen-bond acceptors (Lipinski definition) is 3. The number of nitrogens with one attached hydrogen (secondary N) is 1.